The van der Waals surface area contributed by atoms with Gasteiger partial charge in [0.1, 0.15) is 9.20 Å². The minimum absolute atomic E-state index is 0.0796. The molecule has 3 rings (SSSR count). The summed E-state index contributed by atoms with van der Waals surface area (Å²) in [5, 5.41) is -0.564. The molecule has 0 N–H and O–H groups in total. The van der Waals surface area contributed by atoms with Crippen LogP contribution in [0, 0.1) is 3.82 Å². The lowest BCUT2D eigenvalue weighted by Gasteiger charge is -2.43. The molecule has 110 valence electrons. The predicted molar refractivity (Wildman–Crippen MR) is 94.3 cm³/mol. The Kier molecular flexibility index (Phi) is 3.72. The molecule has 0 radical (unpaired) electrons. The van der Waals surface area contributed by atoms with Crippen LogP contribution in [0.1, 0.15) is 25.6 Å². The van der Waals surface area contributed by atoms with Crippen LogP contribution in [0.3, 0.4) is 0 Å². The monoisotopic (exact) mass is 355 g/mol. The molecule has 1 aromatic heterocycles. The number of carbonyl (C=O) groups is 1. The van der Waals surface area contributed by atoms with Crippen LogP contribution in [0.15, 0.2) is 24.3 Å². The molecular formula is C15H14ClNOS3. The average Bonchev–Trinajstić information content (AvgIpc) is 2.81. The molecule has 2 heterocycles. The number of rotatable bonds is 1. The highest BCUT2D eigenvalue weighted by Gasteiger charge is 2.43. The molecule has 0 aliphatic carbocycles. The average molecular weight is 356 g/mol. The van der Waals surface area contributed by atoms with E-state index >= 15 is 0 Å². The van der Waals surface area contributed by atoms with Gasteiger partial charge in [-0.2, -0.15) is 0 Å². The fourth-order valence-corrected chi connectivity index (χ4v) is 6.13. The van der Waals surface area contributed by atoms with Crippen LogP contribution in [0.5, 0.6) is 0 Å². The molecule has 6 heteroatoms. The molecule has 1 unspecified atom stereocenters. The van der Waals surface area contributed by atoms with Crippen LogP contribution in [0.4, 0.5) is 5.69 Å². The third-order valence-electron chi connectivity index (χ3n) is 3.72. The maximum Gasteiger partial charge on any atom is 0.245 e. The zero-order valence-electron chi connectivity index (χ0n) is 11.8. The number of halogens is 1. The molecule has 1 aliphatic rings. The minimum Gasteiger partial charge on any atom is -0.300 e. The van der Waals surface area contributed by atoms with Crippen molar-refractivity contribution in [3.05, 3.63) is 33.0 Å². The standard InChI is InChI=1S/C15H14ClNOS3/c1-8(16)13(18)17-10-7-5-4-6-9(10)11-12(15(17,2)3)20-21-14(11)19/h4-8H,1-3H3. The highest BCUT2D eigenvalue weighted by molar-refractivity contribution is 7.80. The third-order valence-corrected chi connectivity index (χ3v) is 7.24. The minimum atomic E-state index is -0.564. The van der Waals surface area contributed by atoms with Gasteiger partial charge in [0.25, 0.3) is 0 Å². The molecular weight excluding hydrogens is 342 g/mol. The van der Waals surface area contributed by atoms with Gasteiger partial charge in [-0.25, -0.2) is 0 Å². The maximum atomic E-state index is 12.7. The summed E-state index contributed by atoms with van der Waals surface area (Å²) >= 11 is 11.6. The maximum absolute atomic E-state index is 12.7. The van der Waals surface area contributed by atoms with Crippen LogP contribution in [0.25, 0.3) is 11.1 Å². The van der Waals surface area contributed by atoms with Crippen molar-refractivity contribution in [3.8, 4) is 11.1 Å². The molecule has 1 aromatic carbocycles. The van der Waals surface area contributed by atoms with Gasteiger partial charge >= 0.3 is 0 Å². The second-order valence-corrected chi connectivity index (χ2v) is 9.00. The van der Waals surface area contributed by atoms with Gasteiger partial charge in [0, 0.05) is 11.1 Å². The summed E-state index contributed by atoms with van der Waals surface area (Å²) in [6.45, 7) is 5.82. The molecule has 1 amide bonds. The first-order valence-electron chi connectivity index (χ1n) is 6.57. The Labute approximate surface area is 141 Å². The van der Waals surface area contributed by atoms with Crippen molar-refractivity contribution in [3.63, 3.8) is 0 Å². The van der Waals surface area contributed by atoms with Crippen LogP contribution >= 0.6 is 44.5 Å². The fourth-order valence-electron chi connectivity index (χ4n) is 2.75. The SMILES string of the molecule is CC(Cl)C(=O)N1c2ccccc2-c2c(ssc2=S)C1(C)C. The van der Waals surface area contributed by atoms with Gasteiger partial charge in [-0.3, -0.25) is 9.69 Å². The quantitative estimate of drug-likeness (QED) is 0.387. The van der Waals surface area contributed by atoms with E-state index in [1.807, 2.05) is 29.2 Å². The first-order valence-corrected chi connectivity index (χ1v) is 9.56. The zero-order chi connectivity index (χ0) is 15.4. The Hall–Kier alpha value is -0.750. The second kappa shape index (κ2) is 5.16. The van der Waals surface area contributed by atoms with Crippen molar-refractivity contribution in [2.75, 3.05) is 4.90 Å². The molecule has 0 saturated heterocycles. The van der Waals surface area contributed by atoms with Gasteiger partial charge in [0.05, 0.1) is 16.1 Å². The zero-order valence-corrected chi connectivity index (χ0v) is 15.1. The number of carbonyl (C=O) groups excluding carboxylic acids is 1. The van der Waals surface area contributed by atoms with Crippen LogP contribution in [-0.2, 0) is 10.3 Å². The summed E-state index contributed by atoms with van der Waals surface area (Å²) in [4.78, 5) is 15.6. The molecule has 0 saturated carbocycles. The van der Waals surface area contributed by atoms with E-state index in [9.17, 15) is 4.79 Å². The topological polar surface area (TPSA) is 20.3 Å². The summed E-state index contributed by atoms with van der Waals surface area (Å²) in [6, 6.07) is 7.91. The number of fused-ring (bicyclic) bond motifs is 3. The molecule has 1 atom stereocenters. The van der Waals surface area contributed by atoms with Crippen LogP contribution in [0.2, 0.25) is 0 Å². The second-order valence-electron chi connectivity index (χ2n) is 5.52. The summed E-state index contributed by atoms with van der Waals surface area (Å²) < 4.78 is 0.890. The lowest BCUT2D eigenvalue weighted by molar-refractivity contribution is -0.119. The molecule has 0 spiro atoms. The van der Waals surface area contributed by atoms with Gasteiger partial charge in [0.2, 0.25) is 5.91 Å². The van der Waals surface area contributed by atoms with Gasteiger partial charge in [-0.1, -0.05) is 51.1 Å². The highest BCUT2D eigenvalue weighted by Crippen LogP contribution is 2.52. The van der Waals surface area contributed by atoms with E-state index in [1.54, 1.807) is 27.6 Å². The van der Waals surface area contributed by atoms with Crippen molar-refractivity contribution in [1.29, 1.82) is 0 Å². The lowest BCUT2D eigenvalue weighted by atomic mass is 9.87. The van der Waals surface area contributed by atoms with Crippen molar-refractivity contribution in [2.45, 2.75) is 31.7 Å². The number of amides is 1. The van der Waals surface area contributed by atoms with E-state index in [0.29, 0.717) is 0 Å². The van der Waals surface area contributed by atoms with E-state index in [2.05, 4.69) is 13.8 Å². The molecule has 0 bridgehead atoms. The van der Waals surface area contributed by atoms with E-state index in [-0.39, 0.29) is 5.91 Å². The predicted octanol–water partition coefficient (Wildman–Crippen LogP) is 5.42. The number of hydrogen-bond acceptors (Lipinski definition) is 4. The number of alkyl halides is 1. The summed E-state index contributed by atoms with van der Waals surface area (Å²) in [5.41, 5.74) is 2.58. The third kappa shape index (κ3) is 2.18. The van der Waals surface area contributed by atoms with Crippen molar-refractivity contribution < 1.29 is 4.79 Å². The van der Waals surface area contributed by atoms with E-state index in [0.717, 1.165) is 25.5 Å². The molecule has 21 heavy (non-hydrogen) atoms. The fraction of sp³-hybridized carbons (Fsp3) is 0.333. The number of hydrogen-bond donors (Lipinski definition) is 0. The smallest absolute Gasteiger partial charge is 0.245 e. The Morgan fingerprint density at radius 3 is 2.67 bits per heavy atom. The number of anilines is 1. The van der Waals surface area contributed by atoms with Gasteiger partial charge in [-0.05, 0) is 26.8 Å². The highest BCUT2D eigenvalue weighted by atomic mass is 35.5. The van der Waals surface area contributed by atoms with E-state index in [4.69, 9.17) is 23.8 Å². The van der Waals surface area contributed by atoms with Crippen LogP contribution < -0.4 is 4.90 Å². The molecule has 2 nitrogen and oxygen atoms in total. The van der Waals surface area contributed by atoms with Gasteiger partial charge in [0.15, 0.2) is 0 Å². The molecule has 1 aliphatic heterocycles. The first-order chi connectivity index (χ1) is 9.85. The molecule has 0 fully saturated rings. The van der Waals surface area contributed by atoms with Crippen LogP contribution in [-0.4, -0.2) is 11.3 Å². The van der Waals surface area contributed by atoms with E-state index < -0.39 is 10.9 Å². The summed E-state index contributed by atoms with van der Waals surface area (Å²) in [5.74, 6) is -0.0796. The van der Waals surface area contributed by atoms with Crippen molar-refractivity contribution in [1.82, 2.24) is 0 Å². The summed E-state index contributed by atoms with van der Waals surface area (Å²) in [7, 11) is 3.25. The number of benzene rings is 1. The van der Waals surface area contributed by atoms with Gasteiger partial charge < -0.3 is 0 Å². The van der Waals surface area contributed by atoms with Crippen molar-refractivity contribution in [2.24, 2.45) is 0 Å². The van der Waals surface area contributed by atoms with Gasteiger partial charge in [-0.15, -0.1) is 11.6 Å². The Morgan fingerprint density at radius 2 is 2.00 bits per heavy atom. The largest absolute Gasteiger partial charge is 0.300 e. The van der Waals surface area contributed by atoms with E-state index in [1.165, 1.54) is 0 Å². The first kappa shape index (κ1) is 15.2. The summed E-state index contributed by atoms with van der Waals surface area (Å²) in [6.07, 6.45) is 0. The van der Waals surface area contributed by atoms with Crippen molar-refractivity contribution >= 4 is 56.1 Å². The Bertz CT molecular complexity index is 775. The normalized spacial score (nSPS) is 17.0. The number of nitrogens with zero attached hydrogens (tertiary/aromatic N) is 1. The number of para-hydroxylation sites is 1. The molecule has 2 aromatic rings. The Balaban J connectivity index is 2.35. The lowest BCUT2D eigenvalue weighted by Crippen LogP contribution is -2.50. The Morgan fingerprint density at radius 1 is 1.33 bits per heavy atom.